The maximum atomic E-state index is 13.0. The lowest BCUT2D eigenvalue weighted by Gasteiger charge is -2.31. The predicted octanol–water partition coefficient (Wildman–Crippen LogP) is 4.63. The second-order valence-corrected chi connectivity index (χ2v) is 7.96. The summed E-state index contributed by atoms with van der Waals surface area (Å²) in [5, 5.41) is 2.86. The lowest BCUT2D eigenvalue weighted by atomic mass is 10.0. The number of alkyl halides is 3. The Morgan fingerprint density at radius 2 is 2.00 bits per heavy atom. The summed E-state index contributed by atoms with van der Waals surface area (Å²) in [6.07, 6.45) is -1.09. The van der Waals surface area contributed by atoms with Crippen molar-refractivity contribution in [1.82, 2.24) is 15.2 Å². The van der Waals surface area contributed by atoms with Gasteiger partial charge in [0.15, 0.2) is 5.69 Å². The standard InChI is InChI=1S/C21H26F3N3O2/c1-13(2)14(3)27(10-15-5-4-6-16(9-15)21(22,23)24)11-19-26-18(12-29-19)20(28)25-17-7-8-17/h4-6,9,12-14,17H,7-8,10-11H2,1-3H3,(H,25,28)/t14-/m0/s1. The van der Waals surface area contributed by atoms with Crippen LogP contribution in [0.3, 0.4) is 0 Å². The number of carbonyl (C=O) groups is 1. The SMILES string of the molecule is CC(C)[C@H](C)N(Cc1cccc(C(F)(F)F)c1)Cc1nc(C(=O)NC2CC2)co1. The molecule has 29 heavy (non-hydrogen) atoms. The molecule has 8 heteroatoms. The molecule has 1 aromatic heterocycles. The molecule has 1 heterocycles. The molecule has 1 aliphatic rings. The van der Waals surface area contributed by atoms with E-state index in [2.05, 4.69) is 10.3 Å². The molecule has 2 aromatic rings. The van der Waals surface area contributed by atoms with E-state index in [0.717, 1.165) is 18.9 Å². The van der Waals surface area contributed by atoms with E-state index in [1.165, 1.54) is 18.4 Å². The van der Waals surface area contributed by atoms with Crippen molar-refractivity contribution < 1.29 is 22.4 Å². The van der Waals surface area contributed by atoms with Gasteiger partial charge in [0, 0.05) is 18.6 Å². The maximum Gasteiger partial charge on any atom is 0.416 e. The van der Waals surface area contributed by atoms with Crippen LogP contribution in [0.1, 0.15) is 61.1 Å². The Hall–Kier alpha value is -2.35. The fourth-order valence-corrected chi connectivity index (χ4v) is 2.99. The van der Waals surface area contributed by atoms with Gasteiger partial charge in [-0.2, -0.15) is 13.2 Å². The van der Waals surface area contributed by atoms with Crippen LogP contribution >= 0.6 is 0 Å². The lowest BCUT2D eigenvalue weighted by Crippen LogP contribution is -2.36. The van der Waals surface area contributed by atoms with E-state index in [1.54, 1.807) is 6.07 Å². The summed E-state index contributed by atoms with van der Waals surface area (Å²) in [4.78, 5) is 18.4. The van der Waals surface area contributed by atoms with E-state index < -0.39 is 11.7 Å². The predicted molar refractivity (Wildman–Crippen MR) is 102 cm³/mol. The summed E-state index contributed by atoms with van der Waals surface area (Å²) >= 11 is 0. The van der Waals surface area contributed by atoms with Crippen LogP contribution in [0.2, 0.25) is 0 Å². The molecule has 1 amide bonds. The van der Waals surface area contributed by atoms with Gasteiger partial charge in [-0.05, 0) is 37.3 Å². The van der Waals surface area contributed by atoms with Crippen LogP contribution in [-0.2, 0) is 19.3 Å². The van der Waals surface area contributed by atoms with Crippen molar-refractivity contribution in [2.24, 2.45) is 5.92 Å². The Morgan fingerprint density at radius 1 is 1.28 bits per heavy atom. The summed E-state index contributed by atoms with van der Waals surface area (Å²) in [5.41, 5.74) is 0.121. The smallest absolute Gasteiger partial charge is 0.416 e. The van der Waals surface area contributed by atoms with Gasteiger partial charge in [0.05, 0.1) is 12.1 Å². The van der Waals surface area contributed by atoms with Crippen LogP contribution in [0, 0.1) is 5.92 Å². The number of carbonyl (C=O) groups excluding carboxylic acids is 1. The fraction of sp³-hybridized carbons (Fsp3) is 0.524. The number of hydrogen-bond donors (Lipinski definition) is 1. The number of hydrogen-bond acceptors (Lipinski definition) is 4. The topological polar surface area (TPSA) is 58.4 Å². The molecule has 0 saturated heterocycles. The van der Waals surface area contributed by atoms with Gasteiger partial charge in [-0.15, -0.1) is 0 Å². The summed E-state index contributed by atoms with van der Waals surface area (Å²) < 4.78 is 44.6. The van der Waals surface area contributed by atoms with Gasteiger partial charge in [0.1, 0.15) is 6.26 Å². The van der Waals surface area contributed by atoms with Gasteiger partial charge in [-0.25, -0.2) is 4.98 Å². The van der Waals surface area contributed by atoms with Gasteiger partial charge in [0.2, 0.25) is 5.89 Å². The van der Waals surface area contributed by atoms with Gasteiger partial charge in [0.25, 0.3) is 5.91 Å². The molecule has 5 nitrogen and oxygen atoms in total. The third-order valence-electron chi connectivity index (χ3n) is 5.22. The molecule has 0 bridgehead atoms. The summed E-state index contributed by atoms with van der Waals surface area (Å²) in [7, 11) is 0. The molecule has 1 aromatic carbocycles. The molecule has 1 atom stereocenters. The largest absolute Gasteiger partial charge is 0.447 e. The van der Waals surface area contributed by atoms with E-state index >= 15 is 0 Å². The Balaban J connectivity index is 1.74. The molecular weight excluding hydrogens is 383 g/mol. The average Bonchev–Trinajstić information content (AvgIpc) is 3.34. The second kappa shape index (κ2) is 8.57. The number of oxazole rings is 1. The maximum absolute atomic E-state index is 13.0. The summed E-state index contributed by atoms with van der Waals surface area (Å²) in [5.74, 6) is 0.377. The third-order valence-corrected chi connectivity index (χ3v) is 5.22. The first-order valence-electron chi connectivity index (χ1n) is 9.79. The van der Waals surface area contributed by atoms with Crippen molar-refractivity contribution in [3.63, 3.8) is 0 Å². The molecule has 0 unspecified atom stereocenters. The van der Waals surface area contributed by atoms with Crippen molar-refractivity contribution in [3.8, 4) is 0 Å². The van der Waals surface area contributed by atoms with E-state index in [1.807, 2.05) is 25.7 Å². The second-order valence-electron chi connectivity index (χ2n) is 7.96. The molecule has 0 aliphatic heterocycles. The average molecular weight is 409 g/mol. The number of nitrogens with zero attached hydrogens (tertiary/aromatic N) is 2. The molecule has 1 saturated carbocycles. The van der Waals surface area contributed by atoms with E-state index in [4.69, 9.17) is 4.42 Å². The van der Waals surface area contributed by atoms with Crippen LogP contribution < -0.4 is 5.32 Å². The molecule has 1 aliphatic carbocycles. The zero-order valence-electron chi connectivity index (χ0n) is 16.8. The number of benzene rings is 1. The zero-order valence-corrected chi connectivity index (χ0v) is 16.8. The van der Waals surface area contributed by atoms with Crippen LogP contribution in [0.25, 0.3) is 0 Å². The van der Waals surface area contributed by atoms with Crippen LogP contribution in [0.4, 0.5) is 13.2 Å². The van der Waals surface area contributed by atoms with Gasteiger partial charge >= 0.3 is 6.18 Å². The normalized spacial score (nSPS) is 15.7. The number of aromatic nitrogens is 1. The summed E-state index contributed by atoms with van der Waals surface area (Å²) in [6, 6.07) is 5.63. The molecule has 158 valence electrons. The lowest BCUT2D eigenvalue weighted by molar-refractivity contribution is -0.137. The van der Waals surface area contributed by atoms with Crippen LogP contribution in [0.5, 0.6) is 0 Å². The van der Waals surface area contributed by atoms with E-state index in [-0.39, 0.29) is 29.6 Å². The van der Waals surface area contributed by atoms with Crippen molar-refractivity contribution >= 4 is 5.91 Å². The molecular formula is C21H26F3N3O2. The highest BCUT2D eigenvalue weighted by Gasteiger charge is 2.31. The number of nitrogens with one attached hydrogen (secondary N) is 1. The van der Waals surface area contributed by atoms with Crippen molar-refractivity contribution in [2.45, 2.75) is 65.0 Å². The van der Waals surface area contributed by atoms with Gasteiger partial charge < -0.3 is 9.73 Å². The minimum atomic E-state index is -4.38. The first-order chi connectivity index (χ1) is 13.6. The molecule has 0 spiro atoms. The van der Waals surface area contributed by atoms with E-state index in [0.29, 0.717) is 24.5 Å². The zero-order chi connectivity index (χ0) is 21.2. The Bertz CT molecular complexity index is 844. The Morgan fingerprint density at radius 3 is 2.62 bits per heavy atom. The minimum absolute atomic E-state index is 0.0696. The highest BCUT2D eigenvalue weighted by molar-refractivity contribution is 5.92. The Labute approximate surface area is 168 Å². The summed E-state index contributed by atoms with van der Waals surface area (Å²) in [6.45, 7) is 6.73. The first kappa shape index (κ1) is 21.4. The molecule has 3 rings (SSSR count). The number of halogens is 3. The monoisotopic (exact) mass is 409 g/mol. The molecule has 0 radical (unpaired) electrons. The van der Waals surface area contributed by atoms with E-state index in [9.17, 15) is 18.0 Å². The molecule has 1 fully saturated rings. The highest BCUT2D eigenvalue weighted by atomic mass is 19.4. The van der Waals surface area contributed by atoms with Crippen molar-refractivity contribution in [3.05, 3.63) is 53.2 Å². The number of amides is 1. The van der Waals surface area contributed by atoms with Crippen molar-refractivity contribution in [2.75, 3.05) is 0 Å². The minimum Gasteiger partial charge on any atom is -0.447 e. The third kappa shape index (κ3) is 5.82. The number of rotatable bonds is 8. The fourth-order valence-electron chi connectivity index (χ4n) is 2.99. The quantitative estimate of drug-likeness (QED) is 0.691. The van der Waals surface area contributed by atoms with Crippen LogP contribution in [0.15, 0.2) is 34.9 Å². The van der Waals surface area contributed by atoms with Gasteiger partial charge in [-0.3, -0.25) is 9.69 Å². The first-order valence-corrected chi connectivity index (χ1v) is 9.79. The highest BCUT2D eigenvalue weighted by Crippen LogP contribution is 2.30. The van der Waals surface area contributed by atoms with Gasteiger partial charge in [-0.1, -0.05) is 32.0 Å². The van der Waals surface area contributed by atoms with Crippen LogP contribution in [-0.4, -0.2) is 27.9 Å². The molecule has 1 N–H and O–H groups in total. The van der Waals surface area contributed by atoms with Crippen molar-refractivity contribution in [1.29, 1.82) is 0 Å². The Kier molecular flexibility index (Phi) is 6.31.